The van der Waals surface area contributed by atoms with Crippen molar-refractivity contribution in [2.75, 3.05) is 0 Å². The first kappa shape index (κ1) is 24.8. The van der Waals surface area contributed by atoms with Gasteiger partial charge in [0.05, 0.1) is 32.9 Å². The van der Waals surface area contributed by atoms with Crippen LogP contribution >= 0.6 is 23.2 Å². The Morgan fingerprint density at radius 1 is 0.675 bits per heavy atom. The van der Waals surface area contributed by atoms with E-state index in [1.807, 2.05) is 48.5 Å². The molecule has 1 atom stereocenters. The van der Waals surface area contributed by atoms with Crippen molar-refractivity contribution in [3.05, 3.63) is 129 Å². The fourth-order valence-corrected chi connectivity index (χ4v) is 7.64. The van der Waals surface area contributed by atoms with Crippen LogP contribution in [0.4, 0.5) is 0 Å². The first-order valence-electron chi connectivity index (χ1n) is 12.4. The highest BCUT2D eigenvalue weighted by atomic mass is 35.5. The molecule has 9 heteroatoms. The molecule has 6 aromatic rings. The number of hydrogen-bond acceptors (Lipinski definition) is 6. The van der Waals surface area contributed by atoms with Crippen LogP contribution in [0, 0.1) is 0 Å². The zero-order chi connectivity index (χ0) is 27.6. The Kier molecular flexibility index (Phi) is 5.71. The molecule has 196 valence electrons. The van der Waals surface area contributed by atoms with Crippen molar-refractivity contribution in [1.82, 2.24) is 9.97 Å². The molecule has 1 aliphatic heterocycles. The number of fused-ring (bicyclic) bond motifs is 7. The van der Waals surface area contributed by atoms with Crippen molar-refractivity contribution in [2.24, 2.45) is 5.73 Å². The van der Waals surface area contributed by atoms with Gasteiger partial charge < -0.3 is 10.5 Å². The fourth-order valence-electron chi connectivity index (χ4n) is 5.40. The van der Waals surface area contributed by atoms with E-state index in [1.54, 1.807) is 36.4 Å². The van der Waals surface area contributed by atoms with E-state index in [2.05, 4.69) is 0 Å². The van der Waals surface area contributed by atoms with Crippen molar-refractivity contribution in [1.29, 1.82) is 0 Å². The number of halogens is 2. The van der Waals surface area contributed by atoms with Crippen molar-refractivity contribution < 1.29 is 13.2 Å². The molecule has 1 unspecified atom stereocenters. The summed E-state index contributed by atoms with van der Waals surface area (Å²) in [4.78, 5) is 9.88. The number of aromatic nitrogens is 2. The van der Waals surface area contributed by atoms with Gasteiger partial charge in [-0.05, 0) is 36.4 Å². The van der Waals surface area contributed by atoms with Gasteiger partial charge in [-0.2, -0.15) is 0 Å². The lowest BCUT2D eigenvalue weighted by atomic mass is 9.85. The molecule has 2 heterocycles. The number of hydrogen-bond donors (Lipinski definition) is 1. The Bertz CT molecular complexity index is 2130. The largest absolute Gasteiger partial charge is 0.439 e. The predicted octanol–water partition coefficient (Wildman–Crippen LogP) is 7.37. The number of ether oxygens (including phenoxy) is 1. The highest BCUT2D eigenvalue weighted by Crippen LogP contribution is 2.53. The van der Waals surface area contributed by atoms with Crippen LogP contribution in [0.2, 0.25) is 10.0 Å². The van der Waals surface area contributed by atoms with Crippen LogP contribution in [0.15, 0.2) is 113 Å². The maximum absolute atomic E-state index is 14.3. The standard InChI is InChI=1S/C31H19Cl2N3O3S/c32-20-13-8-14-21(33)24(20)25-26-28-27(35-22-15-6-7-16-23(22)36-28)18-11-4-5-12-19(18)29(26)39-31(34)30(25)40(37,38)17-9-2-1-3-10-17/h1-16,25H,34H2. The molecule has 0 saturated carbocycles. The number of allylic oxidation sites excluding steroid dienone is 1. The quantitative estimate of drug-likeness (QED) is 0.172. The molecule has 6 nitrogen and oxygen atoms in total. The summed E-state index contributed by atoms with van der Waals surface area (Å²) < 4.78 is 34.8. The van der Waals surface area contributed by atoms with Crippen LogP contribution < -0.4 is 10.5 Å². The number of nitrogens with zero attached hydrogens (tertiary/aromatic N) is 2. The van der Waals surface area contributed by atoms with E-state index in [9.17, 15) is 8.42 Å². The molecule has 7 rings (SSSR count). The maximum Gasteiger partial charge on any atom is 0.208 e. The van der Waals surface area contributed by atoms with E-state index in [-0.39, 0.29) is 25.7 Å². The lowest BCUT2D eigenvalue weighted by molar-refractivity contribution is 0.400. The molecule has 2 N–H and O–H groups in total. The Balaban J connectivity index is 1.69. The van der Waals surface area contributed by atoms with E-state index < -0.39 is 15.8 Å². The summed E-state index contributed by atoms with van der Waals surface area (Å²) in [5, 5.41) is 2.07. The average Bonchev–Trinajstić information content (AvgIpc) is 2.96. The molecular weight excluding hydrogens is 565 g/mol. The van der Waals surface area contributed by atoms with Crippen LogP contribution in [0.3, 0.4) is 0 Å². The minimum absolute atomic E-state index is 0.0646. The number of benzene rings is 5. The molecule has 0 saturated heterocycles. The van der Waals surface area contributed by atoms with Crippen molar-refractivity contribution in [3.63, 3.8) is 0 Å². The van der Waals surface area contributed by atoms with Crippen LogP contribution in [-0.2, 0) is 9.84 Å². The second-order valence-electron chi connectivity index (χ2n) is 9.41. The van der Waals surface area contributed by atoms with E-state index in [4.69, 9.17) is 43.6 Å². The Labute approximate surface area is 239 Å². The number of nitrogens with two attached hydrogens (primary N) is 1. The molecule has 0 bridgehead atoms. The van der Waals surface area contributed by atoms with Crippen LogP contribution in [0.1, 0.15) is 17.0 Å². The number of para-hydroxylation sites is 2. The minimum Gasteiger partial charge on any atom is -0.439 e. The zero-order valence-corrected chi connectivity index (χ0v) is 23.0. The van der Waals surface area contributed by atoms with Gasteiger partial charge in [-0.3, -0.25) is 0 Å². The molecule has 0 aliphatic carbocycles. The molecule has 1 aromatic heterocycles. The molecule has 40 heavy (non-hydrogen) atoms. The average molecular weight is 584 g/mol. The normalized spacial score (nSPS) is 15.4. The predicted molar refractivity (Wildman–Crippen MR) is 158 cm³/mol. The Morgan fingerprint density at radius 3 is 1.93 bits per heavy atom. The van der Waals surface area contributed by atoms with Crippen molar-refractivity contribution >= 4 is 65.9 Å². The van der Waals surface area contributed by atoms with Gasteiger partial charge in [0.1, 0.15) is 10.7 Å². The Hall–Kier alpha value is -4.17. The smallest absolute Gasteiger partial charge is 0.208 e. The molecule has 0 fully saturated rings. The third kappa shape index (κ3) is 3.66. The van der Waals surface area contributed by atoms with Crippen molar-refractivity contribution in [3.8, 4) is 5.75 Å². The monoisotopic (exact) mass is 583 g/mol. The second kappa shape index (κ2) is 9.20. The van der Waals surface area contributed by atoms with Gasteiger partial charge in [-0.25, -0.2) is 18.4 Å². The summed E-state index contributed by atoms with van der Waals surface area (Å²) in [6.45, 7) is 0. The molecule has 0 amide bonds. The first-order valence-corrected chi connectivity index (χ1v) is 14.6. The van der Waals surface area contributed by atoms with Gasteiger partial charge in [0.2, 0.25) is 15.7 Å². The van der Waals surface area contributed by atoms with E-state index in [0.29, 0.717) is 44.3 Å². The summed E-state index contributed by atoms with van der Waals surface area (Å²) in [6, 6.07) is 28.2. The van der Waals surface area contributed by atoms with E-state index in [1.165, 1.54) is 12.1 Å². The van der Waals surface area contributed by atoms with Crippen LogP contribution in [-0.4, -0.2) is 18.4 Å². The molecular formula is C31H19Cl2N3O3S. The Morgan fingerprint density at radius 2 is 1.25 bits per heavy atom. The third-order valence-electron chi connectivity index (χ3n) is 7.13. The van der Waals surface area contributed by atoms with Crippen LogP contribution in [0.25, 0.3) is 32.8 Å². The first-order chi connectivity index (χ1) is 19.4. The van der Waals surface area contributed by atoms with E-state index in [0.717, 1.165) is 5.39 Å². The molecule has 1 aliphatic rings. The topological polar surface area (TPSA) is 95.2 Å². The highest BCUT2D eigenvalue weighted by molar-refractivity contribution is 7.95. The van der Waals surface area contributed by atoms with Crippen molar-refractivity contribution in [2.45, 2.75) is 10.8 Å². The second-order valence-corrected chi connectivity index (χ2v) is 12.1. The summed E-state index contributed by atoms with van der Waals surface area (Å²) in [6.07, 6.45) is 0. The summed E-state index contributed by atoms with van der Waals surface area (Å²) in [5.41, 5.74) is 9.82. The van der Waals surface area contributed by atoms with Crippen LogP contribution in [0.5, 0.6) is 5.75 Å². The summed E-state index contributed by atoms with van der Waals surface area (Å²) in [5.74, 6) is -0.897. The summed E-state index contributed by atoms with van der Waals surface area (Å²) in [7, 11) is -4.19. The highest BCUT2D eigenvalue weighted by Gasteiger charge is 2.43. The third-order valence-corrected chi connectivity index (χ3v) is 9.70. The van der Waals surface area contributed by atoms with Gasteiger partial charge >= 0.3 is 0 Å². The summed E-state index contributed by atoms with van der Waals surface area (Å²) >= 11 is 13.6. The number of sulfone groups is 1. The van der Waals surface area contributed by atoms with E-state index >= 15 is 0 Å². The molecule has 0 radical (unpaired) electrons. The fraction of sp³-hybridized carbons (Fsp3) is 0.0323. The lowest BCUT2D eigenvalue weighted by Crippen LogP contribution is -2.27. The van der Waals surface area contributed by atoms with Gasteiger partial charge in [0, 0.05) is 31.9 Å². The van der Waals surface area contributed by atoms with Gasteiger partial charge in [-0.15, -0.1) is 0 Å². The molecule has 0 spiro atoms. The number of rotatable bonds is 3. The molecule has 5 aromatic carbocycles. The lowest BCUT2D eigenvalue weighted by Gasteiger charge is -2.32. The van der Waals surface area contributed by atoms with Gasteiger partial charge in [0.15, 0.2) is 0 Å². The zero-order valence-electron chi connectivity index (χ0n) is 20.7. The maximum atomic E-state index is 14.3. The van der Waals surface area contributed by atoms with Gasteiger partial charge in [0.25, 0.3) is 0 Å². The van der Waals surface area contributed by atoms with Gasteiger partial charge in [-0.1, -0.05) is 83.9 Å². The minimum atomic E-state index is -4.19. The SMILES string of the molecule is NC1=C(S(=O)(=O)c2ccccc2)C(c2c(Cl)cccc2Cl)c2c(c3ccccc3c3nc4ccccc4nc23)O1.